The van der Waals surface area contributed by atoms with Crippen LogP contribution in [0.2, 0.25) is 0 Å². The minimum Gasteiger partial charge on any atom is -0.462 e. The molecule has 0 spiro atoms. The predicted octanol–water partition coefficient (Wildman–Crippen LogP) is 1.34. The maximum atomic E-state index is 11.7. The monoisotopic (exact) mass is 292 g/mol. The van der Waals surface area contributed by atoms with Crippen LogP contribution in [-0.2, 0) is 14.6 Å². The second kappa shape index (κ2) is 5.57. The lowest BCUT2D eigenvalue weighted by molar-refractivity contribution is 0.0533. The first-order valence-electron chi connectivity index (χ1n) is 5.36. The zero-order valence-corrected chi connectivity index (χ0v) is 12.1. The normalized spacial score (nSPS) is 11.3. The SMILES string of the molecule is CCNc1sc(C(=O)OCC)c(N)c1S(C)(=O)=O. The smallest absolute Gasteiger partial charge is 0.350 e. The number of thiophene rings is 1. The summed E-state index contributed by atoms with van der Waals surface area (Å²) in [6.07, 6.45) is 1.06. The van der Waals surface area contributed by atoms with Crippen molar-refractivity contribution in [1.82, 2.24) is 0 Å². The Morgan fingerprint density at radius 3 is 2.50 bits per heavy atom. The van der Waals surface area contributed by atoms with Crippen LogP contribution in [0.25, 0.3) is 0 Å². The number of nitrogens with one attached hydrogen (secondary N) is 1. The van der Waals surface area contributed by atoms with E-state index in [0.29, 0.717) is 11.5 Å². The van der Waals surface area contributed by atoms with E-state index >= 15 is 0 Å². The second-order valence-corrected chi connectivity index (χ2v) is 6.50. The van der Waals surface area contributed by atoms with Crippen LogP contribution in [0, 0.1) is 0 Å². The van der Waals surface area contributed by atoms with Crippen molar-refractivity contribution < 1.29 is 17.9 Å². The Bertz CT molecular complexity index is 548. The molecule has 0 saturated heterocycles. The van der Waals surface area contributed by atoms with Gasteiger partial charge in [0.25, 0.3) is 0 Å². The van der Waals surface area contributed by atoms with Crippen molar-refractivity contribution in [2.24, 2.45) is 0 Å². The predicted molar refractivity (Wildman–Crippen MR) is 72.0 cm³/mol. The van der Waals surface area contributed by atoms with E-state index in [-0.39, 0.29) is 22.1 Å². The van der Waals surface area contributed by atoms with Crippen LogP contribution >= 0.6 is 11.3 Å². The second-order valence-electron chi connectivity index (χ2n) is 3.53. The molecule has 1 rings (SSSR count). The van der Waals surface area contributed by atoms with Crippen molar-refractivity contribution in [3.8, 4) is 0 Å². The number of anilines is 2. The number of esters is 1. The summed E-state index contributed by atoms with van der Waals surface area (Å²) < 4.78 is 28.2. The number of rotatable bonds is 5. The minimum absolute atomic E-state index is 0.0302. The molecule has 0 fully saturated rings. The Kier molecular flexibility index (Phi) is 4.58. The summed E-state index contributed by atoms with van der Waals surface area (Å²) in [7, 11) is -3.50. The molecule has 1 heterocycles. The molecule has 0 bridgehead atoms. The summed E-state index contributed by atoms with van der Waals surface area (Å²) in [5.74, 6) is -0.603. The van der Waals surface area contributed by atoms with Gasteiger partial charge in [-0.3, -0.25) is 0 Å². The molecule has 0 aliphatic heterocycles. The first kappa shape index (κ1) is 14.8. The van der Waals surface area contributed by atoms with Gasteiger partial charge >= 0.3 is 5.97 Å². The molecule has 0 radical (unpaired) electrons. The van der Waals surface area contributed by atoms with Gasteiger partial charge in [-0.05, 0) is 13.8 Å². The lowest BCUT2D eigenvalue weighted by Gasteiger charge is -2.03. The first-order valence-corrected chi connectivity index (χ1v) is 8.07. The summed E-state index contributed by atoms with van der Waals surface area (Å²) in [6, 6.07) is 0. The van der Waals surface area contributed by atoms with Gasteiger partial charge in [-0.15, -0.1) is 11.3 Å². The number of ether oxygens (including phenoxy) is 1. The Morgan fingerprint density at radius 2 is 2.06 bits per heavy atom. The average molecular weight is 292 g/mol. The van der Waals surface area contributed by atoms with Crippen LogP contribution in [0.5, 0.6) is 0 Å². The molecule has 6 nitrogen and oxygen atoms in total. The van der Waals surface area contributed by atoms with E-state index in [2.05, 4.69) is 5.32 Å². The molecule has 3 N–H and O–H groups in total. The zero-order valence-electron chi connectivity index (χ0n) is 10.4. The Hall–Kier alpha value is -1.28. The van der Waals surface area contributed by atoms with E-state index in [0.717, 1.165) is 17.6 Å². The van der Waals surface area contributed by atoms with Crippen molar-refractivity contribution >= 4 is 37.8 Å². The Morgan fingerprint density at radius 1 is 1.44 bits per heavy atom. The maximum Gasteiger partial charge on any atom is 0.350 e. The zero-order chi connectivity index (χ0) is 13.9. The highest BCUT2D eigenvalue weighted by molar-refractivity contribution is 7.91. The number of hydrogen-bond acceptors (Lipinski definition) is 7. The van der Waals surface area contributed by atoms with E-state index in [4.69, 9.17) is 10.5 Å². The van der Waals surface area contributed by atoms with Crippen molar-refractivity contribution in [3.05, 3.63) is 4.88 Å². The molecule has 0 aromatic carbocycles. The molecule has 0 amide bonds. The van der Waals surface area contributed by atoms with E-state index in [1.807, 2.05) is 6.92 Å². The molecule has 1 aromatic heterocycles. The van der Waals surface area contributed by atoms with Gasteiger partial charge in [0.15, 0.2) is 9.84 Å². The molecule has 0 aliphatic carbocycles. The van der Waals surface area contributed by atoms with Crippen molar-refractivity contribution in [1.29, 1.82) is 0 Å². The topological polar surface area (TPSA) is 98.5 Å². The summed E-state index contributed by atoms with van der Waals surface area (Å²) in [5.41, 5.74) is 5.70. The number of sulfone groups is 1. The van der Waals surface area contributed by atoms with E-state index < -0.39 is 15.8 Å². The van der Waals surface area contributed by atoms with Crippen LogP contribution < -0.4 is 11.1 Å². The molecule has 8 heteroatoms. The summed E-state index contributed by atoms with van der Waals surface area (Å²) >= 11 is 0.996. The lowest BCUT2D eigenvalue weighted by Crippen LogP contribution is -2.08. The summed E-state index contributed by atoms with van der Waals surface area (Å²) in [5, 5.41) is 3.27. The molecule has 18 heavy (non-hydrogen) atoms. The largest absolute Gasteiger partial charge is 0.462 e. The third-order valence-corrected chi connectivity index (χ3v) is 4.51. The van der Waals surface area contributed by atoms with Gasteiger partial charge in [0, 0.05) is 12.8 Å². The molecule has 0 aliphatic rings. The van der Waals surface area contributed by atoms with Gasteiger partial charge in [-0.2, -0.15) is 0 Å². The molecule has 0 unspecified atom stereocenters. The molecule has 0 atom stereocenters. The average Bonchev–Trinajstić information content (AvgIpc) is 2.56. The maximum absolute atomic E-state index is 11.7. The fourth-order valence-electron chi connectivity index (χ4n) is 1.42. The standard InChI is InChI=1S/C10H16N2O4S2/c1-4-12-9-8(18(3,14)15)6(11)7(17-9)10(13)16-5-2/h12H,4-5,11H2,1-3H3. The quantitative estimate of drug-likeness (QED) is 0.795. The summed E-state index contributed by atoms with van der Waals surface area (Å²) in [4.78, 5) is 11.7. The van der Waals surface area contributed by atoms with Crippen LogP contribution in [0.3, 0.4) is 0 Å². The van der Waals surface area contributed by atoms with Gasteiger partial charge < -0.3 is 15.8 Å². The number of hydrogen-bond donors (Lipinski definition) is 2. The number of carbonyl (C=O) groups excluding carboxylic acids is 1. The molecule has 0 saturated carbocycles. The molecule has 102 valence electrons. The first-order chi connectivity index (χ1) is 8.32. The van der Waals surface area contributed by atoms with E-state index in [1.165, 1.54) is 0 Å². The Balaban J connectivity index is 3.37. The molecule has 1 aromatic rings. The van der Waals surface area contributed by atoms with Crippen molar-refractivity contribution in [2.45, 2.75) is 18.7 Å². The Labute approximate surface area is 110 Å². The van der Waals surface area contributed by atoms with Gasteiger partial charge in [0.2, 0.25) is 0 Å². The van der Waals surface area contributed by atoms with Crippen molar-refractivity contribution in [3.63, 3.8) is 0 Å². The van der Waals surface area contributed by atoms with E-state index in [1.54, 1.807) is 6.92 Å². The lowest BCUT2D eigenvalue weighted by atomic mass is 10.4. The fourth-order valence-corrected chi connectivity index (χ4v) is 3.95. The van der Waals surface area contributed by atoms with Crippen LogP contribution in [0.4, 0.5) is 10.7 Å². The van der Waals surface area contributed by atoms with Crippen LogP contribution in [0.1, 0.15) is 23.5 Å². The van der Waals surface area contributed by atoms with Gasteiger partial charge in [0.05, 0.1) is 12.3 Å². The molecular weight excluding hydrogens is 276 g/mol. The van der Waals surface area contributed by atoms with Crippen molar-refractivity contribution in [2.75, 3.05) is 30.5 Å². The van der Waals surface area contributed by atoms with Crippen LogP contribution in [-0.4, -0.2) is 33.8 Å². The third-order valence-electron chi connectivity index (χ3n) is 2.07. The van der Waals surface area contributed by atoms with Gasteiger partial charge in [0.1, 0.15) is 14.8 Å². The highest BCUT2D eigenvalue weighted by Crippen LogP contribution is 2.39. The number of nitrogens with two attached hydrogens (primary N) is 1. The molecular formula is C10H16N2O4S2. The van der Waals surface area contributed by atoms with Gasteiger partial charge in [-0.25, -0.2) is 13.2 Å². The van der Waals surface area contributed by atoms with Gasteiger partial charge in [-0.1, -0.05) is 0 Å². The fraction of sp³-hybridized carbons (Fsp3) is 0.500. The third kappa shape index (κ3) is 2.94. The highest BCUT2D eigenvalue weighted by Gasteiger charge is 2.27. The minimum atomic E-state index is -3.50. The van der Waals surface area contributed by atoms with Crippen LogP contribution in [0.15, 0.2) is 4.90 Å². The van der Waals surface area contributed by atoms with E-state index in [9.17, 15) is 13.2 Å². The highest BCUT2D eigenvalue weighted by atomic mass is 32.2. The number of nitrogen functional groups attached to an aromatic ring is 1. The number of carbonyl (C=O) groups is 1. The summed E-state index contributed by atoms with van der Waals surface area (Å²) in [6.45, 7) is 4.24.